The molecule has 1 amide bonds. The van der Waals surface area contributed by atoms with Crippen LogP contribution in [0.2, 0.25) is 0 Å². The molecule has 0 atom stereocenters. The number of aryl methyl sites for hydroxylation is 1. The number of nitriles is 2. The van der Waals surface area contributed by atoms with E-state index in [0.29, 0.717) is 10.6 Å². The van der Waals surface area contributed by atoms with Crippen molar-refractivity contribution in [2.24, 2.45) is 0 Å². The molecule has 1 aromatic carbocycles. The van der Waals surface area contributed by atoms with Gasteiger partial charge in [-0.3, -0.25) is 4.79 Å². The smallest absolute Gasteiger partial charge is 0.341 e. The highest BCUT2D eigenvalue weighted by atomic mass is 32.1. The zero-order valence-corrected chi connectivity index (χ0v) is 15.0. The molecule has 6 nitrogen and oxygen atoms in total. The number of anilines is 1. The number of rotatable bonds is 4. The second kappa shape index (κ2) is 7.98. The Morgan fingerprint density at radius 3 is 2.70 bits per heavy atom. The van der Waals surface area contributed by atoms with Gasteiger partial charge in [-0.2, -0.15) is 10.5 Å². The van der Waals surface area contributed by atoms with E-state index in [1.165, 1.54) is 17.4 Å². The van der Waals surface area contributed by atoms with Crippen LogP contribution in [0.25, 0.3) is 0 Å². The highest BCUT2D eigenvalue weighted by Crippen LogP contribution is 2.37. The molecule has 2 aromatic rings. The van der Waals surface area contributed by atoms with Gasteiger partial charge in [0.25, 0.3) is 5.91 Å². The second-order valence-corrected chi connectivity index (χ2v) is 7.06. The predicted octanol–water partition coefficient (Wildman–Crippen LogP) is 3.30. The normalized spacial score (nSPS) is 12.4. The van der Waals surface area contributed by atoms with E-state index < -0.39 is 24.3 Å². The van der Waals surface area contributed by atoms with E-state index in [1.807, 2.05) is 0 Å². The van der Waals surface area contributed by atoms with Gasteiger partial charge in [0.1, 0.15) is 16.9 Å². The molecule has 1 N–H and O–H groups in total. The summed E-state index contributed by atoms with van der Waals surface area (Å²) in [7, 11) is 0. The van der Waals surface area contributed by atoms with Crippen LogP contribution in [0.15, 0.2) is 18.2 Å². The van der Waals surface area contributed by atoms with Crippen LogP contribution in [-0.4, -0.2) is 18.5 Å². The van der Waals surface area contributed by atoms with Crippen molar-refractivity contribution in [3.63, 3.8) is 0 Å². The van der Waals surface area contributed by atoms with E-state index in [9.17, 15) is 19.2 Å². The lowest BCUT2D eigenvalue weighted by atomic mass is 9.96. The van der Waals surface area contributed by atoms with Crippen LogP contribution in [0.5, 0.6) is 0 Å². The second-order valence-electron chi connectivity index (χ2n) is 5.96. The van der Waals surface area contributed by atoms with Gasteiger partial charge in [0.15, 0.2) is 6.61 Å². The van der Waals surface area contributed by atoms with Crippen LogP contribution in [-0.2, 0) is 22.4 Å². The third kappa shape index (κ3) is 3.97. The summed E-state index contributed by atoms with van der Waals surface area (Å²) in [6.45, 7) is -0.605. The maximum absolute atomic E-state index is 13.8. The number of ether oxygens (including phenoxy) is 1. The first-order valence-corrected chi connectivity index (χ1v) is 9.06. The summed E-state index contributed by atoms with van der Waals surface area (Å²) in [4.78, 5) is 25.1. The third-order valence-corrected chi connectivity index (χ3v) is 5.40. The molecular formula is C19H14FN3O3S. The van der Waals surface area contributed by atoms with Gasteiger partial charge in [-0.25, -0.2) is 9.18 Å². The van der Waals surface area contributed by atoms with Crippen LogP contribution in [0.1, 0.15) is 44.8 Å². The number of halogens is 1. The van der Waals surface area contributed by atoms with Crippen LogP contribution in [0, 0.1) is 28.5 Å². The first-order chi connectivity index (χ1) is 13.0. The number of thiophene rings is 1. The van der Waals surface area contributed by atoms with Gasteiger partial charge in [-0.15, -0.1) is 11.3 Å². The average Bonchev–Trinajstić information content (AvgIpc) is 3.02. The van der Waals surface area contributed by atoms with Gasteiger partial charge in [0, 0.05) is 4.88 Å². The summed E-state index contributed by atoms with van der Waals surface area (Å²) < 4.78 is 18.6. The summed E-state index contributed by atoms with van der Waals surface area (Å²) >= 11 is 1.37. The molecule has 1 aliphatic rings. The van der Waals surface area contributed by atoms with Crippen LogP contribution < -0.4 is 5.32 Å². The number of nitrogens with one attached hydrogen (secondary N) is 1. The van der Waals surface area contributed by atoms with E-state index >= 15 is 0 Å². The maximum atomic E-state index is 13.8. The van der Waals surface area contributed by atoms with Crippen molar-refractivity contribution < 1.29 is 18.7 Å². The number of esters is 1. The van der Waals surface area contributed by atoms with E-state index in [-0.39, 0.29) is 11.1 Å². The topological polar surface area (TPSA) is 103 Å². The minimum Gasteiger partial charge on any atom is -0.452 e. The molecule has 0 radical (unpaired) electrons. The molecule has 1 aliphatic carbocycles. The van der Waals surface area contributed by atoms with E-state index in [4.69, 9.17) is 10.00 Å². The monoisotopic (exact) mass is 383 g/mol. The molecule has 3 rings (SSSR count). The lowest BCUT2D eigenvalue weighted by Gasteiger charge is -2.09. The summed E-state index contributed by atoms with van der Waals surface area (Å²) in [5.74, 6) is -2.50. The lowest BCUT2D eigenvalue weighted by molar-refractivity contribution is -0.119. The number of benzene rings is 1. The maximum Gasteiger partial charge on any atom is 0.341 e. The minimum atomic E-state index is -1.00. The number of carbonyl (C=O) groups is 2. The zero-order chi connectivity index (χ0) is 19.4. The van der Waals surface area contributed by atoms with Gasteiger partial charge in [-0.1, -0.05) is 0 Å². The van der Waals surface area contributed by atoms with Gasteiger partial charge in [0.2, 0.25) is 0 Å². The molecule has 0 bridgehead atoms. The molecule has 1 heterocycles. The number of fused-ring (bicyclic) bond motifs is 1. The molecule has 27 heavy (non-hydrogen) atoms. The molecule has 1 aromatic heterocycles. The fourth-order valence-electron chi connectivity index (χ4n) is 2.89. The van der Waals surface area contributed by atoms with Crippen molar-refractivity contribution in [1.82, 2.24) is 0 Å². The summed E-state index contributed by atoms with van der Waals surface area (Å²) in [6.07, 6.45) is 3.77. The highest BCUT2D eigenvalue weighted by Gasteiger charge is 2.22. The lowest BCUT2D eigenvalue weighted by Crippen LogP contribution is -2.21. The Morgan fingerprint density at radius 1 is 1.22 bits per heavy atom. The fourth-order valence-corrected chi connectivity index (χ4v) is 4.15. The zero-order valence-electron chi connectivity index (χ0n) is 14.2. The summed E-state index contributed by atoms with van der Waals surface area (Å²) in [5, 5.41) is 21.1. The number of nitrogens with zero attached hydrogens (tertiary/aromatic N) is 2. The Hall–Kier alpha value is -3.23. The minimum absolute atomic E-state index is 0.0764. The molecule has 0 saturated heterocycles. The third-order valence-electron chi connectivity index (χ3n) is 4.19. The first kappa shape index (κ1) is 18.6. The van der Waals surface area contributed by atoms with Crippen molar-refractivity contribution in [2.45, 2.75) is 25.7 Å². The van der Waals surface area contributed by atoms with E-state index in [2.05, 4.69) is 11.4 Å². The summed E-state index contributed by atoms with van der Waals surface area (Å²) in [5.41, 5.74) is 1.17. The number of hydrogen-bond acceptors (Lipinski definition) is 6. The Morgan fingerprint density at radius 2 is 2.00 bits per heavy atom. The number of hydrogen-bond donors (Lipinski definition) is 1. The van der Waals surface area contributed by atoms with Gasteiger partial charge >= 0.3 is 5.97 Å². The molecule has 136 valence electrons. The molecule has 0 aliphatic heterocycles. The van der Waals surface area contributed by atoms with Crippen molar-refractivity contribution in [3.05, 3.63) is 51.1 Å². The van der Waals surface area contributed by atoms with Crippen LogP contribution in [0.4, 0.5) is 9.39 Å². The Kier molecular flexibility index (Phi) is 5.49. The van der Waals surface area contributed by atoms with Gasteiger partial charge in [-0.05, 0) is 49.4 Å². The Balaban J connectivity index is 1.64. The highest BCUT2D eigenvalue weighted by molar-refractivity contribution is 7.16. The van der Waals surface area contributed by atoms with Crippen molar-refractivity contribution >= 4 is 28.2 Å². The van der Waals surface area contributed by atoms with E-state index in [0.717, 1.165) is 48.3 Å². The van der Waals surface area contributed by atoms with Crippen molar-refractivity contribution in [3.8, 4) is 12.1 Å². The number of carbonyl (C=O) groups excluding carboxylic acids is 2. The molecule has 0 spiro atoms. The van der Waals surface area contributed by atoms with Crippen molar-refractivity contribution in [1.29, 1.82) is 10.5 Å². The molecule has 0 fully saturated rings. The predicted molar refractivity (Wildman–Crippen MR) is 95.7 cm³/mol. The van der Waals surface area contributed by atoms with Gasteiger partial charge in [0.05, 0.1) is 22.8 Å². The van der Waals surface area contributed by atoms with Crippen LogP contribution >= 0.6 is 11.3 Å². The van der Waals surface area contributed by atoms with Gasteiger partial charge < -0.3 is 10.1 Å². The molecular weight excluding hydrogens is 369 g/mol. The Labute approximate surface area is 158 Å². The quantitative estimate of drug-likeness (QED) is 0.816. The van der Waals surface area contributed by atoms with Crippen molar-refractivity contribution in [2.75, 3.05) is 11.9 Å². The number of amides is 1. The molecule has 0 saturated carbocycles. The largest absolute Gasteiger partial charge is 0.452 e. The fraction of sp³-hybridized carbons (Fsp3) is 0.263. The summed E-state index contributed by atoms with van der Waals surface area (Å²) in [6, 6.07) is 7.24. The molecule has 0 unspecified atom stereocenters. The van der Waals surface area contributed by atoms with Crippen LogP contribution in [0.3, 0.4) is 0 Å². The Bertz CT molecular complexity index is 1000. The SMILES string of the molecule is N#Cc1ccc(C(=O)OCC(=O)Nc2sc3c(c2C#N)CCCC3)c(F)c1. The average molecular weight is 383 g/mol. The standard InChI is InChI=1S/C19H14FN3O3S/c20-15-7-11(8-21)5-6-13(15)19(25)26-10-17(24)23-18-14(9-22)12-3-1-2-4-16(12)27-18/h5-7H,1-4,10H2,(H,23,24). The molecule has 8 heteroatoms. The first-order valence-electron chi connectivity index (χ1n) is 8.24. The van der Waals surface area contributed by atoms with E-state index in [1.54, 1.807) is 6.07 Å².